The van der Waals surface area contributed by atoms with Gasteiger partial charge in [0.15, 0.2) is 0 Å². The molecular formula is C21H22F3N3O2. The van der Waals surface area contributed by atoms with Crippen molar-refractivity contribution in [3.8, 4) is 11.5 Å². The predicted octanol–water partition coefficient (Wildman–Crippen LogP) is 4.11. The highest BCUT2D eigenvalue weighted by Crippen LogP contribution is 2.32. The first-order chi connectivity index (χ1) is 13.8. The molecule has 1 aromatic carbocycles. The van der Waals surface area contributed by atoms with E-state index in [0.29, 0.717) is 23.3 Å². The van der Waals surface area contributed by atoms with Gasteiger partial charge in [0, 0.05) is 24.2 Å². The van der Waals surface area contributed by atoms with E-state index in [1.807, 2.05) is 0 Å². The van der Waals surface area contributed by atoms with Crippen LogP contribution in [0.5, 0.6) is 11.5 Å². The lowest BCUT2D eigenvalue weighted by atomic mass is 9.80. The first-order valence-corrected chi connectivity index (χ1v) is 9.65. The van der Waals surface area contributed by atoms with Crippen LogP contribution in [0.15, 0.2) is 42.6 Å². The van der Waals surface area contributed by atoms with E-state index in [9.17, 15) is 18.0 Å². The van der Waals surface area contributed by atoms with E-state index in [-0.39, 0.29) is 17.7 Å². The van der Waals surface area contributed by atoms with Crippen LogP contribution in [0.3, 0.4) is 0 Å². The van der Waals surface area contributed by atoms with Crippen LogP contribution in [-0.4, -0.2) is 41.0 Å². The largest absolute Gasteiger partial charge is 0.456 e. The van der Waals surface area contributed by atoms with E-state index in [4.69, 9.17) is 4.74 Å². The van der Waals surface area contributed by atoms with Gasteiger partial charge in [-0.15, -0.1) is 0 Å². The monoisotopic (exact) mass is 405 g/mol. The SMILES string of the molecule is CC1CC2CCN1CC2NC(=O)c1ccc(Oc2ccc(C(F)(F)F)nc2)cc1. The number of piperidine rings is 3. The van der Waals surface area contributed by atoms with Gasteiger partial charge in [0.2, 0.25) is 0 Å². The third-order valence-corrected chi connectivity index (χ3v) is 5.75. The van der Waals surface area contributed by atoms with Gasteiger partial charge in [-0.1, -0.05) is 0 Å². The summed E-state index contributed by atoms with van der Waals surface area (Å²) in [6, 6.07) is 9.35. The Morgan fingerprint density at radius 3 is 2.45 bits per heavy atom. The number of ether oxygens (including phenoxy) is 1. The molecule has 2 bridgehead atoms. The van der Waals surface area contributed by atoms with Crippen molar-refractivity contribution in [1.82, 2.24) is 15.2 Å². The number of fused-ring (bicyclic) bond motifs is 3. The zero-order valence-corrected chi connectivity index (χ0v) is 15.9. The van der Waals surface area contributed by atoms with Gasteiger partial charge in [-0.2, -0.15) is 13.2 Å². The molecule has 0 aliphatic carbocycles. The lowest BCUT2D eigenvalue weighted by molar-refractivity contribution is -0.141. The van der Waals surface area contributed by atoms with Crippen LogP contribution < -0.4 is 10.1 Å². The summed E-state index contributed by atoms with van der Waals surface area (Å²) < 4.78 is 43.2. The van der Waals surface area contributed by atoms with E-state index in [1.54, 1.807) is 24.3 Å². The zero-order valence-electron chi connectivity index (χ0n) is 15.9. The number of aromatic nitrogens is 1. The number of rotatable bonds is 4. The van der Waals surface area contributed by atoms with Gasteiger partial charge in [0.05, 0.1) is 6.20 Å². The molecule has 4 unspecified atom stereocenters. The fraction of sp³-hybridized carbons (Fsp3) is 0.429. The molecule has 0 saturated carbocycles. The first-order valence-electron chi connectivity index (χ1n) is 9.65. The standard InChI is InChI=1S/C21H22F3N3O2/c1-13-10-15-8-9-27(13)12-18(15)26-20(28)14-2-4-16(5-3-14)29-17-6-7-19(25-11-17)21(22,23)24/h2-7,11,13,15,18H,8-10,12H2,1H3,(H,26,28). The maximum absolute atomic E-state index is 12.6. The molecule has 3 aliphatic heterocycles. The molecule has 5 nitrogen and oxygen atoms in total. The Kier molecular flexibility index (Phi) is 5.21. The number of alkyl halides is 3. The summed E-state index contributed by atoms with van der Waals surface area (Å²) in [5.41, 5.74) is -0.452. The van der Waals surface area contributed by atoms with E-state index in [1.165, 1.54) is 6.07 Å². The minimum Gasteiger partial charge on any atom is -0.456 e. The number of benzene rings is 1. The molecule has 1 amide bonds. The van der Waals surface area contributed by atoms with Crippen molar-refractivity contribution in [3.05, 3.63) is 53.9 Å². The molecule has 3 fully saturated rings. The molecule has 4 atom stereocenters. The Morgan fingerprint density at radius 1 is 1.17 bits per heavy atom. The second-order valence-corrected chi connectivity index (χ2v) is 7.71. The third kappa shape index (κ3) is 4.37. The summed E-state index contributed by atoms with van der Waals surface area (Å²) in [5.74, 6) is 1.00. The lowest BCUT2D eigenvalue weighted by Crippen LogP contribution is -2.60. The van der Waals surface area contributed by atoms with Crippen LogP contribution in [0.4, 0.5) is 13.2 Å². The van der Waals surface area contributed by atoms with E-state index in [0.717, 1.165) is 38.2 Å². The number of pyridine rings is 1. The predicted molar refractivity (Wildman–Crippen MR) is 101 cm³/mol. The molecule has 5 rings (SSSR count). The fourth-order valence-electron chi connectivity index (χ4n) is 4.13. The van der Waals surface area contributed by atoms with Crippen molar-refractivity contribution >= 4 is 5.91 Å². The second-order valence-electron chi connectivity index (χ2n) is 7.71. The van der Waals surface area contributed by atoms with E-state index < -0.39 is 11.9 Å². The zero-order chi connectivity index (χ0) is 20.6. The Labute approximate surface area is 166 Å². The lowest BCUT2D eigenvalue weighted by Gasteiger charge is -2.48. The van der Waals surface area contributed by atoms with Crippen LogP contribution >= 0.6 is 0 Å². The summed E-state index contributed by atoms with van der Waals surface area (Å²) in [5, 5.41) is 3.14. The Morgan fingerprint density at radius 2 is 1.90 bits per heavy atom. The second kappa shape index (κ2) is 7.67. The summed E-state index contributed by atoms with van der Waals surface area (Å²) in [6.07, 6.45) is -1.24. The number of carbonyl (C=O) groups is 1. The quantitative estimate of drug-likeness (QED) is 0.832. The number of nitrogens with one attached hydrogen (secondary N) is 1. The molecule has 29 heavy (non-hydrogen) atoms. The number of halogens is 3. The first kappa shape index (κ1) is 19.7. The summed E-state index contributed by atoms with van der Waals surface area (Å²) >= 11 is 0. The van der Waals surface area contributed by atoms with E-state index in [2.05, 4.69) is 22.1 Å². The molecular weight excluding hydrogens is 383 g/mol. The van der Waals surface area contributed by atoms with Gasteiger partial charge >= 0.3 is 6.18 Å². The van der Waals surface area contributed by atoms with Crippen molar-refractivity contribution in [1.29, 1.82) is 0 Å². The van der Waals surface area contributed by atoms with Crippen molar-refractivity contribution in [3.63, 3.8) is 0 Å². The minimum atomic E-state index is -4.49. The normalized spacial score (nSPS) is 26.2. The van der Waals surface area contributed by atoms with Gasteiger partial charge < -0.3 is 10.1 Å². The number of amides is 1. The minimum absolute atomic E-state index is 0.126. The van der Waals surface area contributed by atoms with E-state index >= 15 is 0 Å². The number of nitrogens with zero attached hydrogens (tertiary/aromatic N) is 2. The van der Waals surface area contributed by atoms with Gasteiger partial charge in [-0.25, -0.2) is 4.98 Å². The molecule has 0 radical (unpaired) electrons. The number of hydrogen-bond donors (Lipinski definition) is 1. The maximum Gasteiger partial charge on any atom is 0.433 e. The van der Waals surface area contributed by atoms with Crippen LogP contribution in [0.1, 0.15) is 35.8 Å². The van der Waals surface area contributed by atoms with Gasteiger partial charge in [-0.3, -0.25) is 9.69 Å². The van der Waals surface area contributed by atoms with Crippen LogP contribution in [-0.2, 0) is 6.18 Å². The summed E-state index contributed by atoms with van der Waals surface area (Å²) in [6.45, 7) is 4.22. The van der Waals surface area contributed by atoms with Crippen molar-refractivity contribution in [2.75, 3.05) is 13.1 Å². The summed E-state index contributed by atoms with van der Waals surface area (Å²) in [7, 11) is 0. The molecule has 1 N–H and O–H groups in total. The van der Waals surface area contributed by atoms with Crippen molar-refractivity contribution in [2.45, 2.75) is 38.0 Å². The number of carbonyl (C=O) groups excluding carboxylic acids is 1. The van der Waals surface area contributed by atoms with Gasteiger partial charge in [0.25, 0.3) is 5.91 Å². The highest BCUT2D eigenvalue weighted by atomic mass is 19.4. The van der Waals surface area contributed by atoms with Gasteiger partial charge in [-0.05, 0) is 68.6 Å². The molecule has 4 heterocycles. The van der Waals surface area contributed by atoms with Crippen molar-refractivity contribution in [2.24, 2.45) is 5.92 Å². The summed E-state index contributed by atoms with van der Waals surface area (Å²) in [4.78, 5) is 18.4. The molecule has 3 saturated heterocycles. The topological polar surface area (TPSA) is 54.5 Å². The third-order valence-electron chi connectivity index (χ3n) is 5.75. The highest BCUT2D eigenvalue weighted by molar-refractivity contribution is 5.94. The molecule has 3 aliphatic rings. The Balaban J connectivity index is 1.36. The smallest absolute Gasteiger partial charge is 0.433 e. The highest BCUT2D eigenvalue weighted by Gasteiger charge is 2.38. The maximum atomic E-state index is 12.6. The van der Waals surface area contributed by atoms with Crippen molar-refractivity contribution < 1.29 is 22.7 Å². The molecule has 154 valence electrons. The average molecular weight is 405 g/mol. The molecule has 0 spiro atoms. The Hall–Kier alpha value is -2.61. The van der Waals surface area contributed by atoms with Gasteiger partial charge in [0.1, 0.15) is 17.2 Å². The van der Waals surface area contributed by atoms with Crippen LogP contribution in [0.2, 0.25) is 0 Å². The average Bonchev–Trinajstić information content (AvgIpc) is 2.69. The Bertz CT molecular complexity index is 868. The van der Waals surface area contributed by atoms with Crippen LogP contribution in [0.25, 0.3) is 0 Å². The molecule has 2 aromatic rings. The molecule has 8 heteroatoms. The molecule has 1 aromatic heterocycles. The number of hydrogen-bond acceptors (Lipinski definition) is 4. The van der Waals surface area contributed by atoms with Crippen LogP contribution in [0, 0.1) is 5.92 Å². The fourth-order valence-corrected chi connectivity index (χ4v) is 4.13.